The Bertz CT molecular complexity index is 540. The van der Waals surface area contributed by atoms with Crippen molar-refractivity contribution in [3.63, 3.8) is 0 Å². The SMILES string of the molecule is CCCOc1ccc(C(CO)Nc2ccc(F)cc2)cc1. The van der Waals surface area contributed by atoms with E-state index >= 15 is 0 Å². The molecule has 0 amide bonds. The van der Waals surface area contributed by atoms with Gasteiger partial charge in [0, 0.05) is 5.69 Å². The number of aliphatic hydroxyl groups is 1. The van der Waals surface area contributed by atoms with Gasteiger partial charge in [0.1, 0.15) is 11.6 Å². The first-order valence-corrected chi connectivity index (χ1v) is 7.08. The molecule has 0 aromatic heterocycles. The predicted molar refractivity (Wildman–Crippen MR) is 82.1 cm³/mol. The molecule has 112 valence electrons. The molecule has 0 aliphatic carbocycles. The second-order valence-electron chi connectivity index (χ2n) is 4.80. The molecule has 0 saturated carbocycles. The van der Waals surface area contributed by atoms with Crippen LogP contribution in [0.4, 0.5) is 10.1 Å². The molecule has 3 nitrogen and oxygen atoms in total. The topological polar surface area (TPSA) is 41.5 Å². The zero-order valence-corrected chi connectivity index (χ0v) is 12.1. The Hall–Kier alpha value is -2.07. The van der Waals surface area contributed by atoms with Crippen LogP contribution in [0.15, 0.2) is 48.5 Å². The van der Waals surface area contributed by atoms with Gasteiger partial charge in [-0.25, -0.2) is 4.39 Å². The summed E-state index contributed by atoms with van der Waals surface area (Å²) in [4.78, 5) is 0. The molecular weight excluding hydrogens is 269 g/mol. The summed E-state index contributed by atoms with van der Waals surface area (Å²) in [5.41, 5.74) is 1.72. The summed E-state index contributed by atoms with van der Waals surface area (Å²) < 4.78 is 18.4. The van der Waals surface area contributed by atoms with Gasteiger partial charge >= 0.3 is 0 Å². The lowest BCUT2D eigenvalue weighted by Gasteiger charge is -2.18. The van der Waals surface area contributed by atoms with Crippen molar-refractivity contribution in [1.82, 2.24) is 0 Å². The van der Waals surface area contributed by atoms with E-state index < -0.39 is 0 Å². The third kappa shape index (κ3) is 4.46. The third-order valence-corrected chi connectivity index (χ3v) is 3.12. The van der Waals surface area contributed by atoms with E-state index in [1.807, 2.05) is 24.3 Å². The van der Waals surface area contributed by atoms with Crippen molar-refractivity contribution >= 4 is 5.69 Å². The summed E-state index contributed by atoms with van der Waals surface area (Å²) in [6.07, 6.45) is 0.965. The summed E-state index contributed by atoms with van der Waals surface area (Å²) in [7, 11) is 0. The quantitative estimate of drug-likeness (QED) is 0.815. The number of benzene rings is 2. The maximum atomic E-state index is 12.9. The van der Waals surface area contributed by atoms with Crippen molar-refractivity contribution in [2.24, 2.45) is 0 Å². The van der Waals surface area contributed by atoms with Crippen LogP contribution in [-0.2, 0) is 0 Å². The monoisotopic (exact) mass is 289 g/mol. The van der Waals surface area contributed by atoms with E-state index in [-0.39, 0.29) is 18.5 Å². The van der Waals surface area contributed by atoms with Gasteiger partial charge in [-0.15, -0.1) is 0 Å². The normalized spacial score (nSPS) is 12.0. The molecule has 0 heterocycles. The lowest BCUT2D eigenvalue weighted by atomic mass is 10.1. The second-order valence-corrected chi connectivity index (χ2v) is 4.80. The van der Waals surface area contributed by atoms with Crippen molar-refractivity contribution < 1.29 is 14.2 Å². The van der Waals surface area contributed by atoms with Crippen LogP contribution in [-0.4, -0.2) is 18.3 Å². The van der Waals surface area contributed by atoms with E-state index in [9.17, 15) is 9.50 Å². The van der Waals surface area contributed by atoms with Crippen LogP contribution in [0.5, 0.6) is 5.75 Å². The molecular formula is C17H20FNO2. The molecule has 2 rings (SSSR count). The Kier molecular flexibility index (Phi) is 5.58. The maximum absolute atomic E-state index is 12.9. The van der Waals surface area contributed by atoms with Gasteiger partial charge in [0.15, 0.2) is 0 Å². The van der Waals surface area contributed by atoms with E-state index in [0.717, 1.165) is 23.4 Å². The molecule has 0 aliphatic rings. The Balaban J connectivity index is 2.04. The average Bonchev–Trinajstić information content (AvgIpc) is 2.53. The van der Waals surface area contributed by atoms with Crippen molar-refractivity contribution in [1.29, 1.82) is 0 Å². The van der Waals surface area contributed by atoms with Crippen molar-refractivity contribution in [2.45, 2.75) is 19.4 Å². The second kappa shape index (κ2) is 7.64. The lowest BCUT2D eigenvalue weighted by molar-refractivity contribution is 0.276. The minimum Gasteiger partial charge on any atom is -0.494 e. The maximum Gasteiger partial charge on any atom is 0.123 e. The summed E-state index contributed by atoms with van der Waals surface area (Å²) in [5, 5.41) is 12.7. The van der Waals surface area contributed by atoms with Gasteiger partial charge in [0.25, 0.3) is 0 Å². The van der Waals surface area contributed by atoms with E-state index in [1.54, 1.807) is 12.1 Å². The van der Waals surface area contributed by atoms with E-state index in [1.165, 1.54) is 12.1 Å². The van der Waals surface area contributed by atoms with Crippen LogP contribution in [0.1, 0.15) is 24.9 Å². The van der Waals surface area contributed by atoms with Crippen molar-refractivity contribution in [3.05, 3.63) is 59.9 Å². The molecule has 2 aromatic carbocycles. The fourth-order valence-electron chi connectivity index (χ4n) is 2.00. The summed E-state index contributed by atoms with van der Waals surface area (Å²) in [6.45, 7) is 2.70. The number of rotatable bonds is 7. The number of hydrogen-bond acceptors (Lipinski definition) is 3. The molecule has 0 radical (unpaired) electrons. The van der Waals surface area contributed by atoms with E-state index in [0.29, 0.717) is 6.61 Å². The summed E-state index contributed by atoms with van der Waals surface area (Å²) in [5.74, 6) is 0.539. The Morgan fingerprint density at radius 2 is 1.76 bits per heavy atom. The number of ether oxygens (including phenoxy) is 1. The van der Waals surface area contributed by atoms with Crippen LogP contribution >= 0.6 is 0 Å². The first-order chi connectivity index (χ1) is 10.2. The van der Waals surface area contributed by atoms with Gasteiger partial charge in [-0.05, 0) is 48.4 Å². The minimum atomic E-state index is -0.279. The van der Waals surface area contributed by atoms with Gasteiger partial charge in [-0.1, -0.05) is 19.1 Å². The number of nitrogens with one attached hydrogen (secondary N) is 1. The highest BCUT2D eigenvalue weighted by Gasteiger charge is 2.10. The van der Waals surface area contributed by atoms with E-state index in [2.05, 4.69) is 12.2 Å². The number of hydrogen-bond donors (Lipinski definition) is 2. The van der Waals surface area contributed by atoms with Crippen LogP contribution in [0, 0.1) is 5.82 Å². The summed E-state index contributed by atoms with van der Waals surface area (Å²) >= 11 is 0. The number of anilines is 1. The predicted octanol–water partition coefficient (Wildman–Crippen LogP) is 3.76. The molecule has 2 aromatic rings. The number of halogens is 1. The van der Waals surface area contributed by atoms with Gasteiger partial charge < -0.3 is 15.2 Å². The Morgan fingerprint density at radius 3 is 2.33 bits per heavy atom. The number of aliphatic hydroxyl groups excluding tert-OH is 1. The molecule has 0 spiro atoms. The summed E-state index contributed by atoms with van der Waals surface area (Å²) in [6, 6.07) is 13.4. The molecule has 2 N–H and O–H groups in total. The molecule has 0 saturated heterocycles. The largest absolute Gasteiger partial charge is 0.494 e. The first-order valence-electron chi connectivity index (χ1n) is 7.08. The van der Waals surface area contributed by atoms with Gasteiger partial charge in [-0.3, -0.25) is 0 Å². The lowest BCUT2D eigenvalue weighted by Crippen LogP contribution is -2.14. The van der Waals surface area contributed by atoms with Gasteiger partial charge in [0.05, 0.1) is 19.3 Å². The fourth-order valence-corrected chi connectivity index (χ4v) is 2.00. The smallest absolute Gasteiger partial charge is 0.123 e. The van der Waals surface area contributed by atoms with Crippen molar-refractivity contribution in [3.8, 4) is 5.75 Å². The average molecular weight is 289 g/mol. The highest BCUT2D eigenvalue weighted by Crippen LogP contribution is 2.22. The zero-order valence-electron chi connectivity index (χ0n) is 12.1. The molecule has 1 atom stereocenters. The molecule has 0 fully saturated rings. The molecule has 4 heteroatoms. The van der Waals surface area contributed by atoms with Crippen LogP contribution in [0.2, 0.25) is 0 Å². The third-order valence-electron chi connectivity index (χ3n) is 3.12. The standard InChI is InChI=1S/C17H20FNO2/c1-2-11-21-16-9-3-13(4-10-16)17(12-20)19-15-7-5-14(18)6-8-15/h3-10,17,19-20H,2,11-12H2,1H3. The molecule has 0 aliphatic heterocycles. The van der Waals surface area contributed by atoms with E-state index in [4.69, 9.17) is 4.74 Å². The fraction of sp³-hybridized carbons (Fsp3) is 0.294. The Labute approximate surface area is 124 Å². The molecule has 21 heavy (non-hydrogen) atoms. The van der Waals surface area contributed by atoms with Gasteiger partial charge in [-0.2, -0.15) is 0 Å². The van der Waals surface area contributed by atoms with Crippen molar-refractivity contribution in [2.75, 3.05) is 18.5 Å². The zero-order chi connectivity index (χ0) is 15.1. The highest BCUT2D eigenvalue weighted by molar-refractivity contribution is 5.46. The minimum absolute atomic E-state index is 0.0491. The first kappa shape index (κ1) is 15.3. The van der Waals surface area contributed by atoms with Crippen LogP contribution < -0.4 is 10.1 Å². The van der Waals surface area contributed by atoms with Gasteiger partial charge in [0.2, 0.25) is 0 Å². The Morgan fingerprint density at radius 1 is 1.10 bits per heavy atom. The van der Waals surface area contributed by atoms with Crippen LogP contribution in [0.3, 0.4) is 0 Å². The molecule has 0 bridgehead atoms. The molecule has 1 unspecified atom stereocenters. The highest BCUT2D eigenvalue weighted by atomic mass is 19.1. The van der Waals surface area contributed by atoms with Crippen LogP contribution in [0.25, 0.3) is 0 Å².